The van der Waals surface area contributed by atoms with E-state index >= 15 is 0 Å². The average molecular weight is 281 g/mol. The molecule has 0 spiro atoms. The lowest BCUT2D eigenvalue weighted by Crippen LogP contribution is -1.98. The van der Waals surface area contributed by atoms with Gasteiger partial charge in [-0.25, -0.2) is 15.0 Å². The Balaban J connectivity index is 1.84. The number of hydrogen-bond donors (Lipinski definition) is 3. The highest BCUT2D eigenvalue weighted by Gasteiger charge is 2.11. The van der Waals surface area contributed by atoms with E-state index in [9.17, 15) is 0 Å². The Morgan fingerprint density at radius 2 is 2.14 bits per heavy atom. The smallest absolute Gasteiger partial charge is 0.182 e. The van der Waals surface area contributed by atoms with Crippen molar-refractivity contribution >= 4 is 33.6 Å². The van der Waals surface area contributed by atoms with Gasteiger partial charge in [-0.2, -0.15) is 5.10 Å². The van der Waals surface area contributed by atoms with Crippen molar-refractivity contribution in [1.82, 2.24) is 30.1 Å². The topological polar surface area (TPSA) is 104 Å². The lowest BCUT2D eigenvalue weighted by Gasteiger charge is -2.11. The van der Waals surface area contributed by atoms with Gasteiger partial charge in [0.25, 0.3) is 0 Å². The van der Waals surface area contributed by atoms with Crippen molar-refractivity contribution in [3.05, 3.63) is 31.0 Å². The van der Waals surface area contributed by atoms with E-state index in [0.29, 0.717) is 17.2 Å². The van der Waals surface area contributed by atoms with Crippen LogP contribution in [0.3, 0.4) is 0 Å². The second kappa shape index (κ2) is 4.44. The van der Waals surface area contributed by atoms with Crippen LogP contribution in [0, 0.1) is 0 Å². The maximum absolute atomic E-state index is 5.41. The number of nitrogens with one attached hydrogen (secondary N) is 3. The van der Waals surface area contributed by atoms with Crippen molar-refractivity contribution in [3.63, 3.8) is 0 Å². The number of benzene rings is 1. The fourth-order valence-corrected chi connectivity index (χ4v) is 2.23. The molecule has 0 aliphatic carbocycles. The lowest BCUT2D eigenvalue weighted by molar-refractivity contribution is 0.417. The number of H-pyrrole nitrogens is 2. The van der Waals surface area contributed by atoms with Crippen molar-refractivity contribution in [3.8, 4) is 5.75 Å². The summed E-state index contributed by atoms with van der Waals surface area (Å²) < 4.78 is 5.41. The van der Waals surface area contributed by atoms with Crippen molar-refractivity contribution in [2.75, 3.05) is 12.4 Å². The van der Waals surface area contributed by atoms with Crippen LogP contribution >= 0.6 is 0 Å². The van der Waals surface area contributed by atoms with Gasteiger partial charge in [0.2, 0.25) is 0 Å². The van der Waals surface area contributed by atoms with Crippen LogP contribution in [-0.4, -0.2) is 37.2 Å². The van der Waals surface area contributed by atoms with Gasteiger partial charge in [-0.05, 0) is 6.07 Å². The van der Waals surface area contributed by atoms with Crippen molar-refractivity contribution in [2.45, 2.75) is 0 Å². The van der Waals surface area contributed by atoms with Crippen molar-refractivity contribution in [1.29, 1.82) is 0 Å². The first kappa shape index (κ1) is 11.6. The standard InChI is InChI=1S/C13H11N7O/c1-21-10-3-8-7(4-18-20-8)2-9(10)19-13-11-12(15-5-14-11)16-6-17-13/h2-6H,1H3,(H,18,20)(H2,14,15,16,17,19). The van der Waals surface area contributed by atoms with Gasteiger partial charge in [-0.1, -0.05) is 0 Å². The number of nitrogens with zero attached hydrogens (tertiary/aromatic N) is 4. The minimum absolute atomic E-state index is 0.607. The normalized spacial score (nSPS) is 11.1. The van der Waals surface area contributed by atoms with Gasteiger partial charge < -0.3 is 15.0 Å². The van der Waals surface area contributed by atoms with Crippen LogP contribution < -0.4 is 10.1 Å². The second-order valence-electron chi connectivity index (χ2n) is 4.46. The molecule has 0 aliphatic rings. The number of anilines is 2. The molecule has 4 rings (SSSR count). The molecule has 8 nitrogen and oxygen atoms in total. The van der Waals surface area contributed by atoms with Crippen molar-refractivity contribution < 1.29 is 4.74 Å². The Kier molecular flexibility index (Phi) is 2.46. The van der Waals surface area contributed by atoms with Crippen molar-refractivity contribution in [2.24, 2.45) is 0 Å². The molecule has 0 amide bonds. The van der Waals surface area contributed by atoms with Gasteiger partial charge in [0, 0.05) is 11.5 Å². The summed E-state index contributed by atoms with van der Waals surface area (Å²) in [7, 11) is 1.62. The van der Waals surface area contributed by atoms with Gasteiger partial charge in [0.15, 0.2) is 11.5 Å². The molecule has 21 heavy (non-hydrogen) atoms. The molecule has 1 aromatic carbocycles. The van der Waals surface area contributed by atoms with Crippen LogP contribution in [-0.2, 0) is 0 Å². The Bertz CT molecular complexity index is 926. The maximum atomic E-state index is 5.41. The van der Waals surface area contributed by atoms with Crippen LogP contribution in [0.15, 0.2) is 31.0 Å². The number of aromatic amines is 2. The molecular formula is C13H11N7O. The first-order chi connectivity index (χ1) is 10.3. The molecule has 4 aromatic rings. The SMILES string of the molecule is COc1cc2[nH]ncc2cc1Nc1ncnc2nc[nH]c12. The monoisotopic (exact) mass is 281 g/mol. The molecule has 0 saturated heterocycles. The zero-order chi connectivity index (χ0) is 14.2. The Morgan fingerprint density at radius 1 is 1.19 bits per heavy atom. The molecular weight excluding hydrogens is 270 g/mol. The van der Waals surface area contributed by atoms with E-state index in [1.165, 1.54) is 6.33 Å². The lowest BCUT2D eigenvalue weighted by atomic mass is 10.2. The predicted molar refractivity (Wildman–Crippen MR) is 77.6 cm³/mol. The van der Waals surface area contributed by atoms with Gasteiger partial charge >= 0.3 is 0 Å². The summed E-state index contributed by atoms with van der Waals surface area (Å²) in [4.78, 5) is 15.5. The van der Waals surface area contributed by atoms with Crippen LogP contribution in [0.2, 0.25) is 0 Å². The van der Waals surface area contributed by atoms with Crippen LogP contribution in [0.4, 0.5) is 11.5 Å². The molecule has 0 aliphatic heterocycles. The number of methoxy groups -OCH3 is 1. The quantitative estimate of drug-likeness (QED) is 0.530. The number of hydrogen-bond acceptors (Lipinski definition) is 6. The van der Waals surface area contributed by atoms with Gasteiger partial charge in [0.05, 0.1) is 30.8 Å². The van der Waals surface area contributed by atoms with E-state index < -0.39 is 0 Å². The zero-order valence-electron chi connectivity index (χ0n) is 11.1. The van der Waals surface area contributed by atoms with E-state index in [2.05, 4.69) is 35.5 Å². The summed E-state index contributed by atoms with van der Waals surface area (Å²) in [5.74, 6) is 1.33. The maximum Gasteiger partial charge on any atom is 0.182 e. The van der Waals surface area contributed by atoms with Gasteiger partial charge in [0.1, 0.15) is 17.6 Å². The first-order valence-electron chi connectivity index (χ1n) is 6.27. The van der Waals surface area contributed by atoms with Crippen LogP contribution in [0.25, 0.3) is 22.1 Å². The van der Waals surface area contributed by atoms with Gasteiger partial charge in [-0.3, -0.25) is 5.10 Å². The minimum Gasteiger partial charge on any atom is -0.494 e. The van der Waals surface area contributed by atoms with E-state index in [1.807, 2.05) is 12.1 Å². The summed E-state index contributed by atoms with van der Waals surface area (Å²) >= 11 is 0. The summed E-state index contributed by atoms with van der Waals surface area (Å²) in [6.45, 7) is 0. The number of aromatic nitrogens is 6. The first-order valence-corrected chi connectivity index (χ1v) is 6.27. The largest absolute Gasteiger partial charge is 0.494 e. The second-order valence-corrected chi connectivity index (χ2v) is 4.46. The summed E-state index contributed by atoms with van der Waals surface area (Å²) in [5, 5.41) is 11.2. The van der Waals surface area contributed by atoms with E-state index in [-0.39, 0.29) is 0 Å². The Morgan fingerprint density at radius 3 is 3.05 bits per heavy atom. The Labute approximate surface area is 118 Å². The molecule has 0 atom stereocenters. The highest BCUT2D eigenvalue weighted by molar-refractivity contribution is 5.90. The molecule has 0 unspecified atom stereocenters. The third-order valence-electron chi connectivity index (χ3n) is 3.24. The van der Waals surface area contributed by atoms with E-state index in [1.54, 1.807) is 19.6 Å². The minimum atomic E-state index is 0.607. The third kappa shape index (κ3) is 1.84. The Hall–Kier alpha value is -3.16. The molecule has 3 aromatic heterocycles. The molecule has 104 valence electrons. The highest BCUT2D eigenvalue weighted by Crippen LogP contribution is 2.32. The summed E-state index contributed by atoms with van der Waals surface area (Å²) in [6.07, 6.45) is 4.81. The number of imidazole rings is 1. The van der Waals surface area contributed by atoms with E-state index in [4.69, 9.17) is 4.74 Å². The van der Waals surface area contributed by atoms with Gasteiger partial charge in [-0.15, -0.1) is 0 Å². The zero-order valence-corrected chi connectivity index (χ0v) is 11.1. The summed E-state index contributed by atoms with van der Waals surface area (Å²) in [6, 6.07) is 3.83. The molecule has 3 N–H and O–H groups in total. The number of rotatable bonds is 3. The average Bonchev–Trinajstić information content (AvgIpc) is 3.15. The fraction of sp³-hybridized carbons (Fsp3) is 0.0769. The van der Waals surface area contributed by atoms with Crippen LogP contribution in [0.1, 0.15) is 0 Å². The molecule has 0 saturated carbocycles. The molecule has 0 fully saturated rings. The number of ether oxygens (including phenoxy) is 1. The predicted octanol–water partition coefficient (Wildman–Crippen LogP) is 1.98. The highest BCUT2D eigenvalue weighted by atomic mass is 16.5. The number of fused-ring (bicyclic) bond motifs is 2. The fourth-order valence-electron chi connectivity index (χ4n) is 2.23. The third-order valence-corrected chi connectivity index (χ3v) is 3.24. The molecule has 3 heterocycles. The van der Waals surface area contributed by atoms with E-state index in [0.717, 1.165) is 22.1 Å². The molecule has 0 radical (unpaired) electrons. The van der Waals surface area contributed by atoms with Crippen LogP contribution in [0.5, 0.6) is 5.75 Å². The molecule has 8 heteroatoms. The molecule has 0 bridgehead atoms. The summed E-state index contributed by atoms with van der Waals surface area (Å²) in [5.41, 5.74) is 3.05.